The molecule has 1 aliphatic rings. The number of rotatable bonds is 2. The summed E-state index contributed by atoms with van der Waals surface area (Å²) >= 11 is 0. The molecule has 1 aliphatic heterocycles. The molecule has 0 spiro atoms. The molecule has 2 atom stereocenters. The average Bonchev–Trinajstić information content (AvgIpc) is 2.55. The quantitative estimate of drug-likeness (QED) is 0.775. The molecule has 0 radical (unpaired) electrons. The van der Waals surface area contributed by atoms with Crippen molar-refractivity contribution in [2.24, 2.45) is 5.73 Å². The van der Waals surface area contributed by atoms with Crippen molar-refractivity contribution in [3.63, 3.8) is 0 Å². The summed E-state index contributed by atoms with van der Waals surface area (Å²) in [6.07, 6.45) is 5.07. The fourth-order valence-electron chi connectivity index (χ4n) is 2.32. The zero-order valence-electron chi connectivity index (χ0n) is 9.15. The number of benzene rings is 1. The van der Waals surface area contributed by atoms with E-state index in [0.717, 1.165) is 6.54 Å². The van der Waals surface area contributed by atoms with Crippen LogP contribution >= 0.6 is 0 Å². The lowest BCUT2D eigenvalue weighted by Crippen LogP contribution is -2.37. The Morgan fingerprint density at radius 2 is 1.87 bits per heavy atom. The van der Waals surface area contributed by atoms with E-state index in [1.165, 1.54) is 31.2 Å². The van der Waals surface area contributed by atoms with Gasteiger partial charge in [0.25, 0.3) is 0 Å². The first-order valence-electron chi connectivity index (χ1n) is 5.91. The average molecular weight is 204 g/mol. The molecule has 2 unspecified atom stereocenters. The monoisotopic (exact) mass is 204 g/mol. The maximum absolute atomic E-state index is 5.75. The zero-order valence-corrected chi connectivity index (χ0v) is 9.15. The second-order valence-electron chi connectivity index (χ2n) is 4.35. The van der Waals surface area contributed by atoms with Crippen LogP contribution in [-0.2, 0) is 0 Å². The lowest BCUT2D eigenvalue weighted by atomic mass is 10.0. The molecule has 1 saturated heterocycles. The Balaban J connectivity index is 2.07. The lowest BCUT2D eigenvalue weighted by Gasteiger charge is -2.21. The van der Waals surface area contributed by atoms with E-state index >= 15 is 0 Å². The van der Waals surface area contributed by atoms with Gasteiger partial charge in [-0.2, -0.15) is 0 Å². The van der Waals surface area contributed by atoms with Crippen LogP contribution < -0.4 is 11.1 Å². The third-order valence-corrected chi connectivity index (χ3v) is 3.22. The number of hydrogen-bond acceptors (Lipinski definition) is 2. The summed E-state index contributed by atoms with van der Waals surface area (Å²) in [5.41, 5.74) is 7.15. The maximum atomic E-state index is 5.75. The van der Waals surface area contributed by atoms with E-state index < -0.39 is 0 Å². The predicted octanol–water partition coefficient (Wildman–Crippen LogP) is 2.22. The molecule has 0 saturated carbocycles. The number of nitrogens with one attached hydrogen (secondary N) is 1. The van der Waals surface area contributed by atoms with E-state index in [9.17, 15) is 0 Å². The van der Waals surface area contributed by atoms with Crippen molar-refractivity contribution < 1.29 is 0 Å². The van der Waals surface area contributed by atoms with Crippen LogP contribution in [-0.4, -0.2) is 12.6 Å². The fourth-order valence-corrected chi connectivity index (χ4v) is 2.32. The van der Waals surface area contributed by atoms with Crippen molar-refractivity contribution in [1.29, 1.82) is 0 Å². The number of hydrogen-bond donors (Lipinski definition) is 2. The highest BCUT2D eigenvalue weighted by atomic mass is 15.0. The highest BCUT2D eigenvalue weighted by Crippen LogP contribution is 2.24. The van der Waals surface area contributed by atoms with Gasteiger partial charge in [-0.25, -0.2) is 0 Å². The van der Waals surface area contributed by atoms with Crippen molar-refractivity contribution in [3.8, 4) is 0 Å². The van der Waals surface area contributed by atoms with Crippen LogP contribution in [0.3, 0.4) is 0 Å². The van der Waals surface area contributed by atoms with Gasteiger partial charge in [-0.05, 0) is 18.4 Å². The van der Waals surface area contributed by atoms with Gasteiger partial charge in [0.15, 0.2) is 0 Å². The summed E-state index contributed by atoms with van der Waals surface area (Å²) in [4.78, 5) is 0. The Bertz CT molecular complexity index is 284. The SMILES string of the molecule is NCC1CCCCC(c2ccccc2)N1. The van der Waals surface area contributed by atoms with Crippen molar-refractivity contribution >= 4 is 0 Å². The summed E-state index contributed by atoms with van der Waals surface area (Å²) in [5, 5.41) is 3.66. The van der Waals surface area contributed by atoms with E-state index in [1.54, 1.807) is 0 Å². The standard InChI is InChI=1S/C13H20N2/c14-10-12-8-4-5-9-13(15-12)11-6-2-1-3-7-11/h1-3,6-7,12-13,15H,4-5,8-10,14H2. The molecule has 2 heteroatoms. The molecule has 3 N–H and O–H groups in total. The second kappa shape index (κ2) is 5.29. The van der Waals surface area contributed by atoms with Crippen LogP contribution in [0.2, 0.25) is 0 Å². The van der Waals surface area contributed by atoms with Crippen LogP contribution in [0.4, 0.5) is 0 Å². The zero-order chi connectivity index (χ0) is 10.5. The van der Waals surface area contributed by atoms with Crippen LogP contribution in [0.1, 0.15) is 37.3 Å². The highest BCUT2D eigenvalue weighted by Gasteiger charge is 2.18. The van der Waals surface area contributed by atoms with Crippen LogP contribution in [0.5, 0.6) is 0 Å². The van der Waals surface area contributed by atoms with Gasteiger partial charge in [0, 0.05) is 18.6 Å². The minimum atomic E-state index is 0.498. The smallest absolute Gasteiger partial charge is 0.0323 e. The summed E-state index contributed by atoms with van der Waals surface area (Å²) < 4.78 is 0. The summed E-state index contributed by atoms with van der Waals surface area (Å²) in [6.45, 7) is 0.753. The summed E-state index contributed by atoms with van der Waals surface area (Å²) in [7, 11) is 0. The first-order valence-corrected chi connectivity index (χ1v) is 5.91. The predicted molar refractivity (Wildman–Crippen MR) is 63.6 cm³/mol. The molecule has 0 amide bonds. The molecule has 82 valence electrons. The fraction of sp³-hybridized carbons (Fsp3) is 0.538. The first kappa shape index (κ1) is 10.7. The summed E-state index contributed by atoms with van der Waals surface area (Å²) in [6, 6.07) is 11.7. The van der Waals surface area contributed by atoms with E-state index in [-0.39, 0.29) is 0 Å². The first-order chi connectivity index (χ1) is 7.40. The molecule has 1 aromatic carbocycles. The molecule has 2 nitrogen and oxygen atoms in total. The molecule has 0 aliphatic carbocycles. The van der Waals surface area contributed by atoms with E-state index in [2.05, 4.69) is 35.6 Å². The molecule has 1 heterocycles. The van der Waals surface area contributed by atoms with Crippen molar-refractivity contribution in [3.05, 3.63) is 35.9 Å². The summed E-state index contributed by atoms with van der Waals surface area (Å²) in [5.74, 6) is 0. The molecule has 0 aromatic heterocycles. The minimum Gasteiger partial charge on any atom is -0.329 e. The third-order valence-electron chi connectivity index (χ3n) is 3.22. The van der Waals surface area contributed by atoms with Gasteiger partial charge in [0.2, 0.25) is 0 Å². The topological polar surface area (TPSA) is 38.0 Å². The highest BCUT2D eigenvalue weighted by molar-refractivity contribution is 5.19. The van der Waals surface area contributed by atoms with E-state index in [1.807, 2.05) is 0 Å². The van der Waals surface area contributed by atoms with Crippen molar-refractivity contribution in [2.75, 3.05) is 6.54 Å². The van der Waals surface area contributed by atoms with Crippen LogP contribution in [0, 0.1) is 0 Å². The van der Waals surface area contributed by atoms with Crippen molar-refractivity contribution in [2.45, 2.75) is 37.8 Å². The van der Waals surface area contributed by atoms with Gasteiger partial charge < -0.3 is 11.1 Å². The van der Waals surface area contributed by atoms with Gasteiger partial charge in [0.05, 0.1) is 0 Å². The number of nitrogens with two attached hydrogens (primary N) is 1. The second-order valence-corrected chi connectivity index (χ2v) is 4.35. The van der Waals surface area contributed by atoms with Gasteiger partial charge in [-0.3, -0.25) is 0 Å². The molecule has 1 fully saturated rings. The Hall–Kier alpha value is -0.860. The molecular weight excluding hydrogens is 184 g/mol. The largest absolute Gasteiger partial charge is 0.329 e. The Morgan fingerprint density at radius 1 is 1.13 bits per heavy atom. The normalized spacial score (nSPS) is 27.3. The van der Waals surface area contributed by atoms with E-state index in [4.69, 9.17) is 5.73 Å². The Labute approximate surface area is 91.9 Å². The molecular formula is C13H20N2. The van der Waals surface area contributed by atoms with Crippen LogP contribution in [0.15, 0.2) is 30.3 Å². The molecule has 15 heavy (non-hydrogen) atoms. The third kappa shape index (κ3) is 2.80. The van der Waals surface area contributed by atoms with Gasteiger partial charge >= 0.3 is 0 Å². The van der Waals surface area contributed by atoms with Crippen LogP contribution in [0.25, 0.3) is 0 Å². The molecule has 1 aromatic rings. The van der Waals surface area contributed by atoms with Crippen molar-refractivity contribution in [1.82, 2.24) is 5.32 Å². The van der Waals surface area contributed by atoms with Gasteiger partial charge in [-0.15, -0.1) is 0 Å². The minimum absolute atomic E-state index is 0.498. The maximum Gasteiger partial charge on any atom is 0.0323 e. The lowest BCUT2D eigenvalue weighted by molar-refractivity contribution is 0.444. The van der Waals surface area contributed by atoms with Gasteiger partial charge in [-0.1, -0.05) is 43.2 Å². The van der Waals surface area contributed by atoms with Gasteiger partial charge in [0.1, 0.15) is 0 Å². The molecule has 2 rings (SSSR count). The molecule has 0 bridgehead atoms. The Kier molecular flexibility index (Phi) is 3.75. The van der Waals surface area contributed by atoms with E-state index in [0.29, 0.717) is 12.1 Å². The Morgan fingerprint density at radius 3 is 2.60 bits per heavy atom.